The number of benzene rings is 1. The number of carbonyl (C=O) groups excluding carboxylic acids is 1. The van der Waals surface area contributed by atoms with Crippen LogP contribution in [0.1, 0.15) is 36.0 Å². The number of hydrogen-bond acceptors (Lipinski definition) is 2. The molecule has 1 aromatic rings. The molecular weight excluding hydrogens is 245 g/mol. The van der Waals surface area contributed by atoms with Gasteiger partial charge in [0.25, 0.3) is 0 Å². The van der Waals surface area contributed by atoms with Crippen molar-refractivity contribution < 1.29 is 22.7 Å². The molecule has 1 aliphatic rings. The van der Waals surface area contributed by atoms with Crippen LogP contribution in [0.2, 0.25) is 0 Å². The second-order valence-electron chi connectivity index (χ2n) is 4.38. The Morgan fingerprint density at radius 3 is 2.67 bits per heavy atom. The Kier molecular flexibility index (Phi) is 3.59. The van der Waals surface area contributed by atoms with Crippen LogP contribution < -0.4 is 4.74 Å². The van der Waals surface area contributed by atoms with Crippen LogP contribution in [0, 0.1) is 0 Å². The lowest BCUT2D eigenvalue weighted by molar-refractivity contribution is -0.133. The van der Waals surface area contributed by atoms with Gasteiger partial charge in [-0.3, -0.25) is 4.79 Å². The predicted octanol–water partition coefficient (Wildman–Crippen LogP) is 3.75. The lowest BCUT2D eigenvalue weighted by Crippen LogP contribution is -2.11. The molecule has 1 saturated carbocycles. The first-order valence-corrected chi connectivity index (χ1v) is 5.81. The van der Waals surface area contributed by atoms with Crippen LogP contribution in [0.5, 0.6) is 5.75 Å². The Morgan fingerprint density at radius 2 is 2.06 bits per heavy atom. The molecule has 0 saturated heterocycles. The van der Waals surface area contributed by atoms with E-state index in [1.54, 1.807) is 12.1 Å². The highest BCUT2D eigenvalue weighted by Crippen LogP contribution is 2.28. The smallest absolute Gasteiger partial charge is 0.389 e. The van der Waals surface area contributed by atoms with Crippen molar-refractivity contribution in [3.05, 3.63) is 29.8 Å². The molecule has 18 heavy (non-hydrogen) atoms. The maximum absolute atomic E-state index is 12.0. The number of carbonyl (C=O) groups is 1. The zero-order chi connectivity index (χ0) is 13.2. The summed E-state index contributed by atoms with van der Waals surface area (Å²) in [5.74, 6) is 0.0453. The van der Waals surface area contributed by atoms with Gasteiger partial charge in [-0.2, -0.15) is 13.2 Å². The minimum absolute atomic E-state index is 0.200. The zero-order valence-electron chi connectivity index (χ0n) is 9.67. The number of ether oxygens (including phenoxy) is 1. The van der Waals surface area contributed by atoms with Gasteiger partial charge in [0.05, 0.1) is 12.5 Å². The van der Waals surface area contributed by atoms with Crippen molar-refractivity contribution in [1.29, 1.82) is 0 Å². The molecule has 0 unspecified atom stereocenters. The third-order valence-corrected chi connectivity index (χ3v) is 2.62. The Morgan fingerprint density at radius 1 is 1.33 bits per heavy atom. The molecule has 0 radical (unpaired) electrons. The maximum Gasteiger partial charge on any atom is 0.389 e. The van der Waals surface area contributed by atoms with Gasteiger partial charge < -0.3 is 4.74 Å². The average molecular weight is 258 g/mol. The lowest BCUT2D eigenvalue weighted by atomic mass is 10.1. The van der Waals surface area contributed by atoms with Gasteiger partial charge in [0.15, 0.2) is 5.78 Å². The first-order chi connectivity index (χ1) is 8.44. The van der Waals surface area contributed by atoms with Crippen molar-refractivity contribution in [3.63, 3.8) is 0 Å². The molecule has 1 aromatic carbocycles. The van der Waals surface area contributed by atoms with Crippen LogP contribution in [0.4, 0.5) is 13.2 Å². The molecule has 2 rings (SSSR count). The van der Waals surface area contributed by atoms with E-state index < -0.39 is 24.8 Å². The second-order valence-corrected chi connectivity index (χ2v) is 4.38. The highest BCUT2D eigenvalue weighted by atomic mass is 19.4. The number of rotatable bonds is 5. The minimum atomic E-state index is -4.29. The first-order valence-electron chi connectivity index (χ1n) is 5.81. The predicted molar refractivity (Wildman–Crippen MR) is 59.7 cm³/mol. The Bertz CT molecular complexity index is 436. The molecule has 0 spiro atoms. The Hall–Kier alpha value is -1.52. The molecular formula is C13H13F3O2. The van der Waals surface area contributed by atoms with Crippen molar-refractivity contribution in [2.45, 2.75) is 38.0 Å². The van der Waals surface area contributed by atoms with Gasteiger partial charge in [-0.05, 0) is 25.0 Å². The van der Waals surface area contributed by atoms with Crippen molar-refractivity contribution >= 4 is 5.78 Å². The molecule has 0 N–H and O–H groups in total. The number of hydrogen-bond donors (Lipinski definition) is 0. The quantitative estimate of drug-likeness (QED) is 0.752. The van der Waals surface area contributed by atoms with E-state index in [0.29, 0.717) is 5.75 Å². The van der Waals surface area contributed by atoms with Gasteiger partial charge in [0.1, 0.15) is 5.75 Å². The van der Waals surface area contributed by atoms with Crippen LogP contribution in [0.15, 0.2) is 24.3 Å². The summed E-state index contributed by atoms with van der Waals surface area (Å²) in [5, 5.41) is 0. The summed E-state index contributed by atoms with van der Waals surface area (Å²) in [5.41, 5.74) is 0.275. The summed E-state index contributed by atoms with van der Waals surface area (Å²) in [4.78, 5) is 11.6. The summed E-state index contributed by atoms with van der Waals surface area (Å²) < 4.78 is 41.5. The summed E-state index contributed by atoms with van der Waals surface area (Å²) in [6.07, 6.45) is -3.71. The van der Waals surface area contributed by atoms with Crippen molar-refractivity contribution in [3.8, 4) is 5.75 Å². The fourth-order valence-electron chi connectivity index (χ4n) is 1.52. The molecule has 0 aliphatic heterocycles. The maximum atomic E-state index is 12.0. The van der Waals surface area contributed by atoms with E-state index in [-0.39, 0.29) is 11.7 Å². The molecule has 1 fully saturated rings. The van der Waals surface area contributed by atoms with Crippen LogP contribution in [-0.2, 0) is 0 Å². The van der Waals surface area contributed by atoms with E-state index in [1.165, 1.54) is 12.1 Å². The lowest BCUT2D eigenvalue weighted by Gasteiger charge is -2.07. The normalized spacial score (nSPS) is 15.5. The minimum Gasteiger partial charge on any atom is -0.490 e. The van der Waals surface area contributed by atoms with Crippen LogP contribution in [0.25, 0.3) is 0 Å². The molecule has 2 nitrogen and oxygen atoms in total. The molecule has 0 bridgehead atoms. The van der Waals surface area contributed by atoms with Crippen molar-refractivity contribution in [1.82, 2.24) is 0 Å². The second kappa shape index (κ2) is 5.00. The van der Waals surface area contributed by atoms with E-state index in [9.17, 15) is 18.0 Å². The Labute approximate surface area is 103 Å². The monoisotopic (exact) mass is 258 g/mol. The van der Waals surface area contributed by atoms with E-state index in [0.717, 1.165) is 12.8 Å². The van der Waals surface area contributed by atoms with Gasteiger partial charge in [-0.15, -0.1) is 0 Å². The summed E-state index contributed by atoms with van der Waals surface area (Å²) >= 11 is 0. The van der Waals surface area contributed by atoms with Gasteiger partial charge in [-0.1, -0.05) is 12.1 Å². The average Bonchev–Trinajstić information content (AvgIpc) is 3.09. The van der Waals surface area contributed by atoms with Crippen molar-refractivity contribution in [2.75, 3.05) is 0 Å². The summed E-state index contributed by atoms with van der Waals surface area (Å²) in [7, 11) is 0. The molecule has 1 aliphatic carbocycles. The van der Waals surface area contributed by atoms with Gasteiger partial charge in [-0.25, -0.2) is 0 Å². The Balaban J connectivity index is 1.96. The zero-order valence-corrected chi connectivity index (χ0v) is 9.67. The fourth-order valence-corrected chi connectivity index (χ4v) is 1.52. The number of Topliss-reactive ketones (excluding diaryl/α,β-unsaturated/α-hetero) is 1. The number of ketones is 1. The van der Waals surface area contributed by atoms with E-state index in [1.807, 2.05) is 0 Å². The molecule has 0 heterocycles. The van der Waals surface area contributed by atoms with E-state index in [2.05, 4.69) is 0 Å². The largest absolute Gasteiger partial charge is 0.490 e. The van der Waals surface area contributed by atoms with Gasteiger partial charge in [0, 0.05) is 12.0 Å². The third-order valence-electron chi connectivity index (χ3n) is 2.62. The molecule has 0 atom stereocenters. The highest BCUT2D eigenvalue weighted by Gasteiger charge is 2.28. The fraction of sp³-hybridized carbons (Fsp3) is 0.462. The van der Waals surface area contributed by atoms with Crippen LogP contribution in [-0.4, -0.2) is 18.1 Å². The molecule has 98 valence electrons. The van der Waals surface area contributed by atoms with Gasteiger partial charge in [0.2, 0.25) is 0 Å². The summed E-state index contributed by atoms with van der Waals surface area (Å²) in [6.45, 7) is 0. The number of alkyl halides is 3. The standard InChI is InChI=1S/C13H13F3O2/c14-13(15,16)7-6-12(17)9-2-1-3-11(8-9)18-10-4-5-10/h1-3,8,10H,4-7H2. The van der Waals surface area contributed by atoms with E-state index >= 15 is 0 Å². The molecule has 5 heteroatoms. The SMILES string of the molecule is O=C(CCC(F)(F)F)c1cccc(OC2CC2)c1. The van der Waals surface area contributed by atoms with E-state index in [4.69, 9.17) is 4.74 Å². The first kappa shape index (κ1) is 12.9. The molecule has 0 aromatic heterocycles. The molecule has 0 amide bonds. The topological polar surface area (TPSA) is 26.3 Å². The summed E-state index contributed by atoms with van der Waals surface area (Å²) in [6, 6.07) is 6.35. The van der Waals surface area contributed by atoms with Crippen LogP contribution in [0.3, 0.4) is 0 Å². The van der Waals surface area contributed by atoms with Crippen molar-refractivity contribution in [2.24, 2.45) is 0 Å². The highest BCUT2D eigenvalue weighted by molar-refractivity contribution is 5.96. The number of halogens is 3. The van der Waals surface area contributed by atoms with Crippen LogP contribution >= 0.6 is 0 Å². The van der Waals surface area contributed by atoms with Gasteiger partial charge >= 0.3 is 6.18 Å². The third kappa shape index (κ3) is 4.05.